The molecule has 0 spiro atoms. The van der Waals surface area contributed by atoms with Crippen LogP contribution in [0.5, 0.6) is 0 Å². The number of nitrogens with zero attached hydrogens (tertiary/aromatic N) is 1. The SMILES string of the molecule is Cc1ccc(C(C)C)c(-c2ccncc2)c1. The molecule has 0 atom stereocenters. The number of hydrogen-bond donors (Lipinski definition) is 0. The molecular weight excluding hydrogens is 194 g/mol. The van der Waals surface area contributed by atoms with E-state index in [2.05, 4.69) is 56.1 Å². The maximum atomic E-state index is 4.07. The van der Waals surface area contributed by atoms with Crippen molar-refractivity contribution in [2.24, 2.45) is 0 Å². The molecule has 0 fully saturated rings. The van der Waals surface area contributed by atoms with E-state index in [4.69, 9.17) is 0 Å². The van der Waals surface area contributed by atoms with Crippen LogP contribution in [0.15, 0.2) is 42.7 Å². The van der Waals surface area contributed by atoms with Crippen LogP contribution in [0.4, 0.5) is 0 Å². The van der Waals surface area contributed by atoms with Crippen molar-refractivity contribution >= 4 is 0 Å². The van der Waals surface area contributed by atoms with Gasteiger partial charge in [-0.1, -0.05) is 37.6 Å². The van der Waals surface area contributed by atoms with Crippen LogP contribution in [0.25, 0.3) is 11.1 Å². The second-order valence-electron chi connectivity index (χ2n) is 4.48. The van der Waals surface area contributed by atoms with Gasteiger partial charge in [0.05, 0.1) is 0 Å². The summed E-state index contributed by atoms with van der Waals surface area (Å²) in [5.41, 5.74) is 5.29. The minimum Gasteiger partial charge on any atom is -0.265 e. The van der Waals surface area contributed by atoms with Crippen molar-refractivity contribution in [3.05, 3.63) is 53.9 Å². The fraction of sp³-hybridized carbons (Fsp3) is 0.267. The summed E-state index contributed by atoms with van der Waals surface area (Å²) >= 11 is 0. The van der Waals surface area contributed by atoms with Crippen LogP contribution in [0.2, 0.25) is 0 Å². The van der Waals surface area contributed by atoms with Gasteiger partial charge in [-0.2, -0.15) is 0 Å². The summed E-state index contributed by atoms with van der Waals surface area (Å²) in [6.45, 7) is 6.60. The van der Waals surface area contributed by atoms with Crippen molar-refractivity contribution < 1.29 is 0 Å². The average molecular weight is 211 g/mol. The standard InChI is InChI=1S/C15H17N/c1-11(2)14-5-4-12(3)10-15(14)13-6-8-16-9-7-13/h4-11H,1-3H3. The van der Waals surface area contributed by atoms with E-state index < -0.39 is 0 Å². The largest absolute Gasteiger partial charge is 0.265 e. The molecule has 0 saturated carbocycles. The van der Waals surface area contributed by atoms with Crippen molar-refractivity contribution in [3.63, 3.8) is 0 Å². The summed E-state index contributed by atoms with van der Waals surface area (Å²) in [6.07, 6.45) is 3.70. The Bertz CT molecular complexity index is 472. The fourth-order valence-electron chi connectivity index (χ4n) is 1.96. The zero-order valence-electron chi connectivity index (χ0n) is 10.1. The van der Waals surface area contributed by atoms with Gasteiger partial charge >= 0.3 is 0 Å². The van der Waals surface area contributed by atoms with E-state index in [1.807, 2.05) is 12.4 Å². The van der Waals surface area contributed by atoms with E-state index in [0.717, 1.165) is 0 Å². The van der Waals surface area contributed by atoms with Gasteiger partial charge in [0.25, 0.3) is 0 Å². The fourth-order valence-corrected chi connectivity index (χ4v) is 1.96. The molecular formula is C15H17N. The maximum absolute atomic E-state index is 4.07. The molecule has 82 valence electrons. The third kappa shape index (κ3) is 2.13. The number of aromatic nitrogens is 1. The molecule has 1 nitrogen and oxygen atoms in total. The van der Waals surface area contributed by atoms with Crippen LogP contribution in [0.3, 0.4) is 0 Å². The number of hydrogen-bond acceptors (Lipinski definition) is 1. The summed E-state index contributed by atoms with van der Waals surface area (Å²) in [5.74, 6) is 0.545. The molecule has 0 bridgehead atoms. The Kier molecular flexibility index (Phi) is 3.04. The molecule has 1 aromatic carbocycles. The number of benzene rings is 1. The number of pyridine rings is 1. The Morgan fingerprint density at radius 1 is 1.00 bits per heavy atom. The van der Waals surface area contributed by atoms with Gasteiger partial charge in [-0.05, 0) is 41.7 Å². The zero-order valence-corrected chi connectivity index (χ0v) is 10.1. The third-order valence-electron chi connectivity index (χ3n) is 2.82. The zero-order chi connectivity index (χ0) is 11.5. The van der Waals surface area contributed by atoms with Crippen molar-refractivity contribution in [3.8, 4) is 11.1 Å². The monoisotopic (exact) mass is 211 g/mol. The molecule has 1 heteroatoms. The van der Waals surface area contributed by atoms with Gasteiger partial charge in [0.1, 0.15) is 0 Å². The van der Waals surface area contributed by atoms with Gasteiger partial charge in [0.2, 0.25) is 0 Å². The lowest BCUT2D eigenvalue weighted by molar-refractivity contribution is 0.868. The molecule has 16 heavy (non-hydrogen) atoms. The molecule has 2 rings (SSSR count). The van der Waals surface area contributed by atoms with E-state index in [0.29, 0.717) is 5.92 Å². The number of aryl methyl sites for hydroxylation is 1. The van der Waals surface area contributed by atoms with Crippen molar-refractivity contribution in [2.45, 2.75) is 26.7 Å². The molecule has 1 aromatic heterocycles. The lowest BCUT2D eigenvalue weighted by Gasteiger charge is -2.13. The summed E-state index contributed by atoms with van der Waals surface area (Å²) < 4.78 is 0. The van der Waals surface area contributed by atoms with E-state index in [1.54, 1.807) is 0 Å². The van der Waals surface area contributed by atoms with Gasteiger partial charge in [0, 0.05) is 12.4 Å². The van der Waals surface area contributed by atoms with E-state index >= 15 is 0 Å². The summed E-state index contributed by atoms with van der Waals surface area (Å²) in [5, 5.41) is 0. The predicted octanol–water partition coefficient (Wildman–Crippen LogP) is 4.18. The normalized spacial score (nSPS) is 10.8. The van der Waals surface area contributed by atoms with Crippen molar-refractivity contribution in [1.29, 1.82) is 0 Å². The second-order valence-corrected chi connectivity index (χ2v) is 4.48. The highest BCUT2D eigenvalue weighted by molar-refractivity contribution is 5.68. The molecule has 0 saturated heterocycles. The number of rotatable bonds is 2. The van der Waals surface area contributed by atoms with Crippen LogP contribution in [-0.2, 0) is 0 Å². The Balaban J connectivity index is 2.58. The predicted molar refractivity (Wildman–Crippen MR) is 68.5 cm³/mol. The first-order chi connectivity index (χ1) is 7.68. The van der Waals surface area contributed by atoms with Gasteiger partial charge < -0.3 is 0 Å². The minimum atomic E-state index is 0.545. The Morgan fingerprint density at radius 2 is 1.69 bits per heavy atom. The lowest BCUT2D eigenvalue weighted by atomic mass is 9.92. The molecule has 0 aliphatic carbocycles. The van der Waals surface area contributed by atoms with Gasteiger partial charge in [-0.3, -0.25) is 4.98 Å². The van der Waals surface area contributed by atoms with E-state index in [-0.39, 0.29) is 0 Å². The molecule has 0 aliphatic rings. The van der Waals surface area contributed by atoms with Gasteiger partial charge in [-0.15, -0.1) is 0 Å². The smallest absolute Gasteiger partial charge is 0.0273 e. The van der Waals surface area contributed by atoms with E-state index in [1.165, 1.54) is 22.3 Å². The van der Waals surface area contributed by atoms with Gasteiger partial charge in [-0.25, -0.2) is 0 Å². The highest BCUT2D eigenvalue weighted by atomic mass is 14.6. The molecule has 0 aliphatic heterocycles. The molecule has 1 heterocycles. The highest BCUT2D eigenvalue weighted by Gasteiger charge is 2.08. The molecule has 0 N–H and O–H groups in total. The topological polar surface area (TPSA) is 12.9 Å². The van der Waals surface area contributed by atoms with Crippen LogP contribution in [0.1, 0.15) is 30.9 Å². The van der Waals surface area contributed by atoms with Crippen molar-refractivity contribution in [1.82, 2.24) is 4.98 Å². The van der Waals surface area contributed by atoms with Gasteiger partial charge in [0.15, 0.2) is 0 Å². The Morgan fingerprint density at radius 3 is 2.31 bits per heavy atom. The Labute approximate surface area is 97.2 Å². The molecule has 0 amide bonds. The summed E-state index contributed by atoms with van der Waals surface area (Å²) in [7, 11) is 0. The van der Waals surface area contributed by atoms with E-state index in [9.17, 15) is 0 Å². The third-order valence-corrected chi connectivity index (χ3v) is 2.82. The van der Waals surface area contributed by atoms with Crippen molar-refractivity contribution in [2.75, 3.05) is 0 Å². The van der Waals surface area contributed by atoms with Crippen LogP contribution < -0.4 is 0 Å². The lowest BCUT2D eigenvalue weighted by Crippen LogP contribution is -1.93. The first kappa shape index (κ1) is 10.9. The maximum Gasteiger partial charge on any atom is 0.0273 e. The van der Waals surface area contributed by atoms with Crippen LogP contribution >= 0.6 is 0 Å². The quantitative estimate of drug-likeness (QED) is 0.726. The molecule has 0 radical (unpaired) electrons. The first-order valence-corrected chi connectivity index (χ1v) is 5.69. The second kappa shape index (κ2) is 4.48. The van der Waals surface area contributed by atoms with Crippen LogP contribution in [0, 0.1) is 6.92 Å². The summed E-state index contributed by atoms with van der Waals surface area (Å²) in [4.78, 5) is 4.07. The average Bonchev–Trinajstić information content (AvgIpc) is 2.29. The van der Waals surface area contributed by atoms with Crippen LogP contribution in [-0.4, -0.2) is 4.98 Å². The Hall–Kier alpha value is -1.63. The minimum absolute atomic E-state index is 0.545. The highest BCUT2D eigenvalue weighted by Crippen LogP contribution is 2.29. The molecule has 0 unspecified atom stereocenters. The summed E-state index contributed by atoms with van der Waals surface area (Å²) in [6, 6.07) is 10.8. The molecule has 2 aromatic rings. The first-order valence-electron chi connectivity index (χ1n) is 5.69.